The van der Waals surface area contributed by atoms with Crippen LogP contribution < -0.4 is 0 Å². The van der Waals surface area contributed by atoms with Crippen LogP contribution in [0.3, 0.4) is 0 Å². The van der Waals surface area contributed by atoms with E-state index >= 15 is 0 Å². The molecule has 0 heterocycles. The van der Waals surface area contributed by atoms with E-state index in [1.54, 1.807) is 0 Å². The van der Waals surface area contributed by atoms with E-state index in [1.807, 2.05) is 55.4 Å². The Morgan fingerprint density at radius 3 is 1.01 bits per heavy atom. The molecular weight excluding hydrogens is 1160 g/mol. The van der Waals surface area contributed by atoms with Crippen molar-refractivity contribution in [2.75, 3.05) is 0 Å². The molecule has 92 heavy (non-hydrogen) atoms. The molecule has 32 bridgehead atoms. The Bertz CT molecular complexity index is 2970. The second kappa shape index (κ2) is 19.8. The van der Waals surface area contributed by atoms with Gasteiger partial charge < -0.3 is 49.6 Å². The molecule has 14 heteroatoms. The zero-order chi connectivity index (χ0) is 64.8. The summed E-state index contributed by atoms with van der Waals surface area (Å²) >= 11 is 0. The van der Waals surface area contributed by atoms with Crippen molar-refractivity contribution in [2.24, 2.45) is 153 Å². The summed E-state index contributed by atoms with van der Waals surface area (Å²) in [5.74, 6) is 9.45. The Kier molecular flexibility index (Phi) is 13.6. The molecule has 0 radical (unpaired) electrons. The summed E-state index contributed by atoms with van der Waals surface area (Å²) in [6.07, 6.45) is 26.5. The van der Waals surface area contributed by atoms with Gasteiger partial charge in [0.1, 0.15) is 22.4 Å². The van der Waals surface area contributed by atoms with E-state index in [2.05, 4.69) is 13.8 Å². The fraction of sp³-hybridized carbons (Fsp3) is 0.949. The summed E-state index contributed by atoms with van der Waals surface area (Å²) in [4.78, 5) is 50.6. The molecular formula is C78H116O14. The molecule has 0 aromatic heterocycles. The zero-order valence-electron chi connectivity index (χ0n) is 57.6. The quantitative estimate of drug-likeness (QED) is 0.0790. The number of rotatable bonds is 12. The number of carbonyl (C=O) groups excluding carboxylic acids is 4. The van der Waals surface area contributed by atoms with Gasteiger partial charge in [-0.25, -0.2) is 0 Å². The molecule has 28 rings (SSSR count). The number of ether oxygens (including phenoxy) is 4. The Labute approximate surface area is 548 Å². The molecule has 18 atom stereocenters. The van der Waals surface area contributed by atoms with Crippen molar-refractivity contribution in [2.45, 2.75) is 305 Å². The third-order valence-electron chi connectivity index (χ3n) is 34.4. The monoisotopic (exact) mass is 1280 g/mol. The highest BCUT2D eigenvalue weighted by Crippen LogP contribution is 2.79. The fourth-order valence-corrected chi connectivity index (χ4v) is 29.9. The van der Waals surface area contributed by atoms with Gasteiger partial charge in [0, 0.05) is 36.5 Å². The minimum Gasteiger partial charge on any atom is -0.459 e. The molecule has 0 aromatic carbocycles. The average molecular weight is 1280 g/mol. The number of hydrogen-bond acceptors (Lipinski definition) is 14. The first-order chi connectivity index (χ1) is 43.2. The van der Waals surface area contributed by atoms with Gasteiger partial charge >= 0.3 is 23.9 Å². The van der Waals surface area contributed by atoms with Crippen molar-refractivity contribution >= 4 is 23.9 Å². The number of hydrogen-bond donors (Lipinski definition) is 6. The van der Waals surface area contributed by atoms with Gasteiger partial charge in [-0.05, 0) is 301 Å². The lowest BCUT2D eigenvalue weighted by Crippen LogP contribution is -2.78. The maximum absolute atomic E-state index is 12.9. The van der Waals surface area contributed by atoms with Crippen LogP contribution in [0, 0.1) is 153 Å². The fourth-order valence-electron chi connectivity index (χ4n) is 29.9. The normalized spacial score (nSPS) is 57.4. The lowest BCUT2D eigenvalue weighted by molar-refractivity contribution is -0.349. The highest BCUT2D eigenvalue weighted by atomic mass is 16.6. The molecule has 0 aliphatic heterocycles. The lowest BCUT2D eigenvalue weighted by atomic mass is 9.32. The van der Waals surface area contributed by atoms with Crippen LogP contribution in [0.1, 0.15) is 249 Å². The number of aliphatic hydroxyl groups is 6. The van der Waals surface area contributed by atoms with Crippen molar-refractivity contribution < 1.29 is 68.8 Å². The Morgan fingerprint density at radius 2 is 0.663 bits per heavy atom. The number of esters is 4. The van der Waals surface area contributed by atoms with Crippen LogP contribution in [0.4, 0.5) is 0 Å². The van der Waals surface area contributed by atoms with Crippen LogP contribution in [-0.2, 0) is 38.1 Å². The van der Waals surface area contributed by atoms with Gasteiger partial charge in [0.2, 0.25) is 0 Å². The van der Waals surface area contributed by atoms with E-state index in [0.717, 1.165) is 116 Å². The minimum absolute atomic E-state index is 0.000451. The van der Waals surface area contributed by atoms with Crippen molar-refractivity contribution in [1.29, 1.82) is 0 Å². The Balaban J connectivity index is 0.0000000939. The SMILES string of the molecule is CCC(C)(C)C(=O)OC12CC3C4CC5(O)CC3C(O)(C1)C(C5)C4C2.CCC(C)(C)C(=O)OC12CC3CC4C1CC1CC2C(C3)C4(O)C1.CCC(C)C(=O)OC12CC3C4CC5(O)CC3C(O)(C1)C(C5)C4C2.CCC(C)C(=O)OC12CC3CC4C1CC1CC2C(C3)C4(O)C1. The van der Waals surface area contributed by atoms with Gasteiger partial charge in [0.25, 0.3) is 0 Å². The van der Waals surface area contributed by atoms with Crippen molar-refractivity contribution in [3.8, 4) is 0 Å². The van der Waals surface area contributed by atoms with Gasteiger partial charge in [-0.3, -0.25) is 19.2 Å². The van der Waals surface area contributed by atoms with E-state index < -0.39 is 55.6 Å². The molecule has 28 aliphatic rings. The van der Waals surface area contributed by atoms with E-state index in [1.165, 1.54) is 51.4 Å². The molecule has 28 saturated carbocycles. The summed E-state index contributed by atoms with van der Waals surface area (Å²) in [6.45, 7) is 20.0. The summed E-state index contributed by atoms with van der Waals surface area (Å²) in [5, 5.41) is 67.6. The van der Waals surface area contributed by atoms with E-state index in [-0.39, 0.29) is 70.6 Å². The summed E-state index contributed by atoms with van der Waals surface area (Å²) in [5.41, 5.74) is -5.49. The first-order valence-corrected chi connectivity index (χ1v) is 38.5. The lowest BCUT2D eigenvalue weighted by Gasteiger charge is -2.76. The molecule has 28 aliphatic carbocycles. The third kappa shape index (κ3) is 8.29. The van der Waals surface area contributed by atoms with Gasteiger partial charge in [-0.15, -0.1) is 0 Å². The molecule has 0 amide bonds. The molecule has 0 aromatic rings. The molecule has 28 fully saturated rings. The standard InChI is InChI=1S/C20H30O4.C20H30O3.C19H28O4.C19H28O3/c1-4-17(2,3)16(21)24-19-6-12-11-5-18(22)8-14(12)20(23,10-19)15(9-18)13(11)7-19;1-4-18(2,3)17(21)23-20-10-12-5-13-15(20)7-11-8-16(20)14(6-12)19(13,22)9-11;1-3-10(2)16(20)23-18-5-12-11-4-17(21)7-14(12)19(22,9-18)15(8-17)13(11)6-18;1-3-10(2)17(20)22-19-9-12-4-13-15(19)6-11-7-16(19)14(5-12)18(13,21)8-11/h11-15,22-23H,4-10H2,1-3H3;11-16,22H,4-10H2,1-3H3;10-15,21-22H,3-9H2,1-2H3;10-16,21H,3-9H2,1-2H3. The van der Waals surface area contributed by atoms with Gasteiger partial charge in [-0.2, -0.15) is 0 Å². The summed E-state index contributed by atoms with van der Waals surface area (Å²) in [6, 6.07) is 0. The maximum Gasteiger partial charge on any atom is 0.312 e. The van der Waals surface area contributed by atoms with Crippen LogP contribution >= 0.6 is 0 Å². The van der Waals surface area contributed by atoms with Gasteiger partial charge in [0.05, 0.1) is 56.3 Å². The molecule has 14 nitrogen and oxygen atoms in total. The maximum atomic E-state index is 12.9. The van der Waals surface area contributed by atoms with Gasteiger partial charge in [-0.1, -0.05) is 41.5 Å². The van der Waals surface area contributed by atoms with Crippen LogP contribution in [0.2, 0.25) is 0 Å². The van der Waals surface area contributed by atoms with E-state index in [4.69, 9.17) is 18.9 Å². The van der Waals surface area contributed by atoms with Crippen LogP contribution in [0.25, 0.3) is 0 Å². The van der Waals surface area contributed by atoms with E-state index in [0.29, 0.717) is 119 Å². The third-order valence-corrected chi connectivity index (χ3v) is 34.4. The molecule has 0 saturated heterocycles. The van der Waals surface area contributed by atoms with Crippen molar-refractivity contribution in [1.82, 2.24) is 0 Å². The first-order valence-electron chi connectivity index (χ1n) is 38.5. The molecule has 512 valence electrons. The largest absolute Gasteiger partial charge is 0.459 e. The summed E-state index contributed by atoms with van der Waals surface area (Å²) in [7, 11) is 0. The second-order valence-corrected chi connectivity index (χ2v) is 39.2. The topological polar surface area (TPSA) is 227 Å². The van der Waals surface area contributed by atoms with Gasteiger partial charge in [0.15, 0.2) is 0 Å². The molecule has 0 spiro atoms. The van der Waals surface area contributed by atoms with E-state index in [9.17, 15) is 49.8 Å². The average Bonchev–Trinajstić information content (AvgIpc) is 0.689. The smallest absolute Gasteiger partial charge is 0.312 e. The second-order valence-electron chi connectivity index (χ2n) is 39.2. The Morgan fingerprint density at radius 1 is 0.359 bits per heavy atom. The predicted octanol–water partition coefficient (Wildman–Crippen LogP) is 11.6. The van der Waals surface area contributed by atoms with Crippen LogP contribution in [0.15, 0.2) is 0 Å². The highest BCUT2D eigenvalue weighted by molar-refractivity contribution is 5.77. The Hall–Kier alpha value is -2.36. The highest BCUT2D eigenvalue weighted by Gasteiger charge is 2.81. The van der Waals surface area contributed by atoms with Crippen LogP contribution in [0.5, 0.6) is 0 Å². The molecule has 18 unspecified atom stereocenters. The number of carbonyl (C=O) groups is 4. The predicted molar refractivity (Wildman–Crippen MR) is 340 cm³/mol. The minimum atomic E-state index is -0.717. The van der Waals surface area contributed by atoms with Crippen molar-refractivity contribution in [3.63, 3.8) is 0 Å². The molecule has 6 N–H and O–H groups in total. The van der Waals surface area contributed by atoms with Crippen LogP contribution in [-0.4, -0.2) is 111 Å². The zero-order valence-corrected chi connectivity index (χ0v) is 57.6. The summed E-state index contributed by atoms with van der Waals surface area (Å²) < 4.78 is 25.0. The van der Waals surface area contributed by atoms with Crippen molar-refractivity contribution in [3.05, 3.63) is 0 Å². The first kappa shape index (κ1) is 63.1.